The minimum atomic E-state index is -0.0659. The lowest BCUT2D eigenvalue weighted by Crippen LogP contribution is -2.45. The Hall–Kier alpha value is -2.37. The van der Waals surface area contributed by atoms with Crippen LogP contribution >= 0.6 is 0 Å². The molecule has 3 rings (SSSR count). The number of carbonyl (C=O) groups excluding carboxylic acids is 1. The molecule has 6 heteroatoms. The number of aromatic nitrogens is 2. The highest BCUT2D eigenvalue weighted by Crippen LogP contribution is 2.29. The van der Waals surface area contributed by atoms with Crippen LogP contribution in [0.3, 0.4) is 0 Å². The third-order valence-corrected chi connectivity index (χ3v) is 5.06. The summed E-state index contributed by atoms with van der Waals surface area (Å²) >= 11 is 0. The molecule has 0 radical (unpaired) electrons. The molecule has 3 unspecified atom stereocenters. The van der Waals surface area contributed by atoms with Crippen LogP contribution in [-0.4, -0.2) is 28.7 Å². The highest BCUT2D eigenvalue weighted by Gasteiger charge is 2.28. The first-order chi connectivity index (χ1) is 12.0. The van der Waals surface area contributed by atoms with Crippen molar-refractivity contribution in [2.24, 2.45) is 11.8 Å². The van der Waals surface area contributed by atoms with Crippen LogP contribution in [0, 0.1) is 18.8 Å². The molecule has 2 aromatic rings. The van der Waals surface area contributed by atoms with Gasteiger partial charge in [-0.3, -0.25) is 4.79 Å². The number of carbonyl (C=O) groups is 1. The van der Waals surface area contributed by atoms with Crippen molar-refractivity contribution in [2.45, 2.75) is 46.1 Å². The van der Waals surface area contributed by atoms with Gasteiger partial charge < -0.3 is 14.6 Å². The molecule has 1 aromatic heterocycles. The Kier molecular flexibility index (Phi) is 5.36. The van der Waals surface area contributed by atoms with E-state index >= 15 is 0 Å². The fraction of sp³-hybridized carbons (Fsp3) is 0.526. The minimum Gasteiger partial charge on any atom is -0.484 e. The maximum absolute atomic E-state index is 12.2. The zero-order chi connectivity index (χ0) is 17.8. The van der Waals surface area contributed by atoms with Gasteiger partial charge in [-0.1, -0.05) is 31.8 Å². The summed E-state index contributed by atoms with van der Waals surface area (Å²) in [5.41, 5.74) is 0.846. The molecule has 1 aromatic carbocycles. The molecule has 1 saturated carbocycles. The summed E-state index contributed by atoms with van der Waals surface area (Å²) in [5, 5.41) is 6.99. The summed E-state index contributed by atoms with van der Waals surface area (Å²) < 4.78 is 10.6. The summed E-state index contributed by atoms with van der Waals surface area (Å²) in [6, 6.07) is 7.56. The number of hydrogen-bond acceptors (Lipinski definition) is 5. The number of aryl methyl sites for hydroxylation is 1. The van der Waals surface area contributed by atoms with E-state index in [1.54, 1.807) is 19.1 Å². The first-order valence-electron chi connectivity index (χ1n) is 8.86. The van der Waals surface area contributed by atoms with Crippen LogP contribution < -0.4 is 10.1 Å². The lowest BCUT2D eigenvalue weighted by Gasteiger charge is -2.34. The first kappa shape index (κ1) is 17.5. The Morgan fingerprint density at radius 1 is 1.28 bits per heavy atom. The molecule has 1 aliphatic rings. The van der Waals surface area contributed by atoms with E-state index in [0.717, 1.165) is 12.0 Å². The molecule has 134 valence electrons. The standard InChI is InChI=1S/C19H25N3O3/c1-12-5-4-6-17(13(12)2)21-18(23)11-24-16-9-7-15(8-10-16)19-20-14(3)25-22-19/h7-10,12-13,17H,4-6,11H2,1-3H3,(H,21,23). The first-order valence-corrected chi connectivity index (χ1v) is 8.86. The van der Waals surface area contributed by atoms with Gasteiger partial charge in [0.1, 0.15) is 5.75 Å². The van der Waals surface area contributed by atoms with Gasteiger partial charge in [-0.15, -0.1) is 0 Å². The molecule has 1 fully saturated rings. The Morgan fingerprint density at radius 3 is 2.72 bits per heavy atom. The molecule has 1 amide bonds. The maximum atomic E-state index is 12.2. The van der Waals surface area contributed by atoms with Gasteiger partial charge in [0.2, 0.25) is 11.7 Å². The lowest BCUT2D eigenvalue weighted by atomic mass is 9.78. The molecule has 0 spiro atoms. The van der Waals surface area contributed by atoms with Crippen LogP contribution in [0.5, 0.6) is 5.75 Å². The largest absolute Gasteiger partial charge is 0.484 e. The third-order valence-electron chi connectivity index (χ3n) is 5.06. The Labute approximate surface area is 148 Å². The van der Waals surface area contributed by atoms with Crippen LogP contribution in [0.1, 0.15) is 39.0 Å². The number of amides is 1. The van der Waals surface area contributed by atoms with Crippen LogP contribution in [-0.2, 0) is 4.79 Å². The average Bonchev–Trinajstić information content (AvgIpc) is 3.04. The Morgan fingerprint density at radius 2 is 2.04 bits per heavy atom. The number of rotatable bonds is 5. The van der Waals surface area contributed by atoms with Gasteiger partial charge in [0.15, 0.2) is 6.61 Å². The quantitative estimate of drug-likeness (QED) is 0.901. The number of nitrogens with zero attached hydrogens (tertiary/aromatic N) is 2. The molecule has 0 saturated heterocycles. The fourth-order valence-electron chi connectivity index (χ4n) is 3.30. The molecule has 25 heavy (non-hydrogen) atoms. The van der Waals surface area contributed by atoms with Gasteiger partial charge >= 0.3 is 0 Å². The highest BCUT2D eigenvalue weighted by molar-refractivity contribution is 5.77. The summed E-state index contributed by atoms with van der Waals surface area (Å²) in [6.45, 7) is 6.25. The van der Waals surface area contributed by atoms with Crippen molar-refractivity contribution in [2.75, 3.05) is 6.61 Å². The predicted molar refractivity (Wildman–Crippen MR) is 94.1 cm³/mol. The van der Waals surface area contributed by atoms with Gasteiger partial charge in [0.25, 0.3) is 5.91 Å². The fourth-order valence-corrected chi connectivity index (χ4v) is 3.30. The normalized spacial score (nSPS) is 23.2. The Balaban J connectivity index is 1.50. The molecule has 1 heterocycles. The summed E-state index contributed by atoms with van der Waals surface area (Å²) in [7, 11) is 0. The van der Waals surface area contributed by atoms with Gasteiger partial charge in [0, 0.05) is 18.5 Å². The van der Waals surface area contributed by atoms with Crippen LogP contribution in [0.15, 0.2) is 28.8 Å². The van der Waals surface area contributed by atoms with Crippen LogP contribution in [0.4, 0.5) is 0 Å². The van der Waals surface area contributed by atoms with Crippen molar-refractivity contribution in [3.63, 3.8) is 0 Å². The van der Waals surface area contributed by atoms with Gasteiger partial charge in [-0.25, -0.2) is 0 Å². The van der Waals surface area contributed by atoms with Crippen LogP contribution in [0.25, 0.3) is 11.4 Å². The second kappa shape index (κ2) is 7.68. The minimum absolute atomic E-state index is 0.0261. The molecule has 1 N–H and O–H groups in total. The molecule has 0 aliphatic heterocycles. The molecule has 1 aliphatic carbocycles. The molecule has 6 nitrogen and oxygen atoms in total. The van der Waals surface area contributed by atoms with E-state index < -0.39 is 0 Å². The summed E-state index contributed by atoms with van der Waals surface area (Å²) in [5.74, 6) is 2.81. The second-order valence-corrected chi connectivity index (χ2v) is 6.89. The van der Waals surface area contributed by atoms with Crippen molar-refractivity contribution < 1.29 is 14.1 Å². The van der Waals surface area contributed by atoms with E-state index in [4.69, 9.17) is 9.26 Å². The number of nitrogens with one attached hydrogen (secondary N) is 1. The molecule has 3 atom stereocenters. The molecular weight excluding hydrogens is 318 g/mol. The van der Waals surface area contributed by atoms with E-state index in [1.165, 1.54) is 12.8 Å². The van der Waals surface area contributed by atoms with E-state index in [9.17, 15) is 4.79 Å². The lowest BCUT2D eigenvalue weighted by molar-refractivity contribution is -0.124. The molecule has 0 bridgehead atoms. The topological polar surface area (TPSA) is 77.2 Å². The summed E-state index contributed by atoms with van der Waals surface area (Å²) in [6.07, 6.45) is 3.47. The molecular formula is C19H25N3O3. The zero-order valence-electron chi connectivity index (χ0n) is 15.0. The second-order valence-electron chi connectivity index (χ2n) is 6.89. The smallest absolute Gasteiger partial charge is 0.258 e. The van der Waals surface area contributed by atoms with Crippen molar-refractivity contribution in [3.8, 4) is 17.1 Å². The maximum Gasteiger partial charge on any atom is 0.258 e. The predicted octanol–water partition coefficient (Wildman–Crippen LogP) is 3.36. The van der Waals surface area contributed by atoms with Crippen LogP contribution in [0.2, 0.25) is 0 Å². The van der Waals surface area contributed by atoms with E-state index in [0.29, 0.717) is 29.3 Å². The number of benzene rings is 1. The monoisotopic (exact) mass is 343 g/mol. The van der Waals surface area contributed by atoms with Crippen molar-refractivity contribution in [3.05, 3.63) is 30.2 Å². The van der Waals surface area contributed by atoms with Crippen molar-refractivity contribution in [1.29, 1.82) is 0 Å². The van der Waals surface area contributed by atoms with E-state index in [1.807, 2.05) is 12.1 Å². The number of ether oxygens (including phenoxy) is 1. The van der Waals surface area contributed by atoms with E-state index in [2.05, 4.69) is 29.3 Å². The average molecular weight is 343 g/mol. The van der Waals surface area contributed by atoms with Gasteiger partial charge in [-0.2, -0.15) is 4.98 Å². The van der Waals surface area contributed by atoms with Crippen molar-refractivity contribution >= 4 is 5.91 Å². The highest BCUT2D eigenvalue weighted by atomic mass is 16.5. The van der Waals surface area contributed by atoms with Crippen molar-refractivity contribution in [1.82, 2.24) is 15.5 Å². The Bertz CT molecular complexity index is 711. The number of hydrogen-bond donors (Lipinski definition) is 1. The SMILES string of the molecule is Cc1nc(-c2ccc(OCC(=O)NC3CCCC(C)C3C)cc2)no1. The summed E-state index contributed by atoms with van der Waals surface area (Å²) in [4.78, 5) is 16.3. The van der Waals surface area contributed by atoms with E-state index in [-0.39, 0.29) is 18.6 Å². The zero-order valence-corrected chi connectivity index (χ0v) is 15.0. The van der Waals surface area contributed by atoms with Gasteiger partial charge in [0.05, 0.1) is 0 Å². The van der Waals surface area contributed by atoms with Gasteiger partial charge in [-0.05, 0) is 42.5 Å². The third kappa shape index (κ3) is 4.38.